The molecule has 1 aliphatic rings. The van der Waals surface area contributed by atoms with Crippen molar-refractivity contribution in [1.82, 2.24) is 24.6 Å². The molecule has 8 heteroatoms. The molecule has 0 saturated carbocycles. The quantitative estimate of drug-likeness (QED) is 0.782. The summed E-state index contributed by atoms with van der Waals surface area (Å²) < 4.78 is 15.8. The van der Waals surface area contributed by atoms with Crippen LogP contribution >= 0.6 is 0 Å². The van der Waals surface area contributed by atoms with Crippen molar-refractivity contribution in [3.8, 4) is 5.69 Å². The van der Waals surface area contributed by atoms with Crippen molar-refractivity contribution in [2.75, 3.05) is 33.2 Å². The summed E-state index contributed by atoms with van der Waals surface area (Å²) in [6, 6.07) is 6.83. The van der Waals surface area contributed by atoms with E-state index in [1.807, 2.05) is 0 Å². The monoisotopic (exact) mass is 374 g/mol. The number of likely N-dealkylation sites (N-methyl/N-ethyl adjacent to an activating group) is 1. The van der Waals surface area contributed by atoms with Gasteiger partial charge in [-0.2, -0.15) is 5.10 Å². The lowest BCUT2D eigenvalue weighted by Gasteiger charge is -2.36. The highest BCUT2D eigenvalue weighted by molar-refractivity contribution is 5.75. The fourth-order valence-corrected chi connectivity index (χ4v) is 3.38. The molecule has 1 fully saturated rings. The maximum absolute atomic E-state index is 14.3. The molecule has 3 rings (SSSR count). The van der Waals surface area contributed by atoms with Gasteiger partial charge in [0.1, 0.15) is 17.3 Å². The van der Waals surface area contributed by atoms with Crippen molar-refractivity contribution < 1.29 is 9.18 Å². The van der Waals surface area contributed by atoms with Crippen LogP contribution in [-0.2, 0) is 17.6 Å². The Morgan fingerprint density at radius 1 is 1.26 bits per heavy atom. The minimum atomic E-state index is -0.502. The third kappa shape index (κ3) is 4.90. The van der Waals surface area contributed by atoms with Crippen LogP contribution in [0.4, 0.5) is 4.39 Å². The first kappa shape index (κ1) is 19.4. The summed E-state index contributed by atoms with van der Waals surface area (Å²) in [7, 11) is 2.14. The van der Waals surface area contributed by atoms with Gasteiger partial charge in [0.05, 0.1) is 6.42 Å². The molecule has 2 aromatic rings. The molecule has 0 bridgehead atoms. The fraction of sp³-hybridized carbons (Fsp3) is 0.526. The number of amides is 1. The average Bonchev–Trinajstić information content (AvgIpc) is 3.02. The van der Waals surface area contributed by atoms with Gasteiger partial charge in [-0.05, 0) is 32.5 Å². The number of halogens is 1. The summed E-state index contributed by atoms with van der Waals surface area (Å²) in [5.41, 5.74) is 5.61. The second-order valence-corrected chi connectivity index (χ2v) is 7.18. The summed E-state index contributed by atoms with van der Waals surface area (Å²) in [5, 5.41) is 4.33. The van der Waals surface area contributed by atoms with Crippen molar-refractivity contribution in [2.24, 2.45) is 5.73 Å². The van der Waals surface area contributed by atoms with Gasteiger partial charge in [0.2, 0.25) is 5.91 Å². The van der Waals surface area contributed by atoms with E-state index >= 15 is 0 Å². The van der Waals surface area contributed by atoms with E-state index < -0.39 is 5.91 Å². The van der Waals surface area contributed by atoms with Crippen LogP contribution in [0.2, 0.25) is 0 Å². The highest BCUT2D eigenvalue weighted by Crippen LogP contribution is 2.17. The third-order valence-corrected chi connectivity index (χ3v) is 5.08. The number of hydrogen-bond acceptors (Lipinski definition) is 5. The van der Waals surface area contributed by atoms with E-state index in [1.165, 1.54) is 10.7 Å². The van der Waals surface area contributed by atoms with E-state index in [4.69, 9.17) is 5.73 Å². The molecule has 1 amide bonds. The van der Waals surface area contributed by atoms with E-state index in [9.17, 15) is 9.18 Å². The molecule has 1 aliphatic heterocycles. The van der Waals surface area contributed by atoms with Crippen LogP contribution in [0, 0.1) is 5.82 Å². The van der Waals surface area contributed by atoms with E-state index in [0.29, 0.717) is 29.8 Å². The number of nitrogens with zero attached hydrogens (tertiary/aromatic N) is 5. The number of aryl methyl sites for hydroxylation is 1. The molecule has 0 unspecified atom stereocenters. The summed E-state index contributed by atoms with van der Waals surface area (Å²) >= 11 is 0. The molecule has 146 valence electrons. The third-order valence-electron chi connectivity index (χ3n) is 5.08. The van der Waals surface area contributed by atoms with Crippen LogP contribution in [0.5, 0.6) is 0 Å². The van der Waals surface area contributed by atoms with Gasteiger partial charge >= 0.3 is 0 Å². The molecular weight excluding hydrogens is 347 g/mol. The number of aromatic nitrogens is 3. The van der Waals surface area contributed by atoms with Gasteiger partial charge in [0, 0.05) is 38.6 Å². The van der Waals surface area contributed by atoms with Gasteiger partial charge in [-0.15, -0.1) is 0 Å². The van der Waals surface area contributed by atoms with Gasteiger partial charge in [-0.1, -0.05) is 12.1 Å². The lowest BCUT2D eigenvalue weighted by Crippen LogP contribution is -2.48. The number of para-hydroxylation sites is 1. The lowest BCUT2D eigenvalue weighted by atomic mass is 10.1. The predicted octanol–water partition coefficient (Wildman–Crippen LogP) is 1.00. The Labute approximate surface area is 159 Å². The topological polar surface area (TPSA) is 80.3 Å². The molecular formula is C19H27FN6O. The molecule has 0 radical (unpaired) electrons. The van der Waals surface area contributed by atoms with Crippen LogP contribution in [0.1, 0.15) is 25.0 Å². The number of nitrogens with two attached hydrogens (primary N) is 1. The molecule has 2 heterocycles. The Balaban J connectivity index is 1.76. The molecule has 0 spiro atoms. The minimum absolute atomic E-state index is 0.0531. The van der Waals surface area contributed by atoms with Crippen molar-refractivity contribution >= 4 is 5.91 Å². The number of carbonyl (C=O) groups is 1. The fourth-order valence-electron chi connectivity index (χ4n) is 3.38. The molecule has 1 aromatic carbocycles. The Morgan fingerprint density at radius 3 is 2.63 bits per heavy atom. The number of rotatable bonds is 7. The Morgan fingerprint density at radius 2 is 1.96 bits per heavy atom. The van der Waals surface area contributed by atoms with Gasteiger partial charge < -0.3 is 10.6 Å². The van der Waals surface area contributed by atoms with Gasteiger partial charge in [0.15, 0.2) is 5.82 Å². The number of piperazine rings is 1. The molecule has 0 aliphatic carbocycles. The molecule has 2 N–H and O–H groups in total. The van der Waals surface area contributed by atoms with Crippen LogP contribution in [0.15, 0.2) is 24.3 Å². The van der Waals surface area contributed by atoms with E-state index in [-0.39, 0.29) is 12.2 Å². The minimum Gasteiger partial charge on any atom is -0.369 e. The molecule has 1 atom stereocenters. The first-order valence-electron chi connectivity index (χ1n) is 9.34. The van der Waals surface area contributed by atoms with Crippen LogP contribution in [0.25, 0.3) is 5.69 Å². The summed E-state index contributed by atoms with van der Waals surface area (Å²) in [6.07, 6.45) is 1.48. The van der Waals surface area contributed by atoms with E-state index in [1.54, 1.807) is 18.2 Å². The highest BCUT2D eigenvalue weighted by Gasteiger charge is 2.21. The number of benzene rings is 1. The summed E-state index contributed by atoms with van der Waals surface area (Å²) in [6.45, 7) is 6.44. The number of carbonyl (C=O) groups excluding carboxylic acids is 1. The van der Waals surface area contributed by atoms with E-state index in [2.05, 4.69) is 33.9 Å². The van der Waals surface area contributed by atoms with Crippen molar-refractivity contribution in [1.29, 1.82) is 0 Å². The maximum atomic E-state index is 14.3. The zero-order valence-corrected chi connectivity index (χ0v) is 15.9. The highest BCUT2D eigenvalue weighted by atomic mass is 19.1. The van der Waals surface area contributed by atoms with Crippen molar-refractivity contribution in [3.05, 3.63) is 41.7 Å². The van der Waals surface area contributed by atoms with Gasteiger partial charge in [0.25, 0.3) is 0 Å². The molecule has 27 heavy (non-hydrogen) atoms. The molecule has 1 aromatic heterocycles. The normalized spacial score (nSPS) is 17.1. The zero-order chi connectivity index (χ0) is 19.4. The zero-order valence-electron chi connectivity index (χ0n) is 15.9. The average molecular weight is 374 g/mol. The summed E-state index contributed by atoms with van der Waals surface area (Å²) in [4.78, 5) is 20.5. The van der Waals surface area contributed by atoms with Crippen LogP contribution in [0.3, 0.4) is 0 Å². The van der Waals surface area contributed by atoms with Crippen molar-refractivity contribution in [3.63, 3.8) is 0 Å². The first-order valence-corrected chi connectivity index (χ1v) is 9.34. The second-order valence-electron chi connectivity index (χ2n) is 7.18. The largest absolute Gasteiger partial charge is 0.369 e. The summed E-state index contributed by atoms with van der Waals surface area (Å²) in [5.74, 6) is 0.102. The predicted molar refractivity (Wildman–Crippen MR) is 101 cm³/mol. The maximum Gasteiger partial charge on any atom is 0.225 e. The SMILES string of the molecule is C[C@H](CCc1nc(CC(N)=O)nn1-c1ccccc1F)N1CCN(C)CC1. The van der Waals surface area contributed by atoms with Crippen LogP contribution in [-0.4, -0.2) is 69.7 Å². The first-order chi connectivity index (χ1) is 12.9. The smallest absolute Gasteiger partial charge is 0.225 e. The molecule has 7 nitrogen and oxygen atoms in total. The van der Waals surface area contributed by atoms with Crippen molar-refractivity contribution in [2.45, 2.75) is 32.2 Å². The van der Waals surface area contributed by atoms with Gasteiger partial charge in [-0.3, -0.25) is 9.69 Å². The van der Waals surface area contributed by atoms with E-state index in [0.717, 1.165) is 32.6 Å². The Bertz CT molecular complexity index is 784. The molecule has 1 saturated heterocycles. The number of hydrogen-bond donors (Lipinski definition) is 1. The standard InChI is InChI=1S/C19H27FN6O/c1-14(25-11-9-24(2)10-12-25)7-8-19-22-18(13-17(21)27)23-26(19)16-6-4-3-5-15(16)20/h3-6,14H,7-13H2,1-2H3,(H2,21,27)/t14-/m1/s1. The van der Waals surface area contributed by atoms with Gasteiger partial charge in [-0.25, -0.2) is 14.1 Å². The lowest BCUT2D eigenvalue weighted by molar-refractivity contribution is -0.117. The second kappa shape index (κ2) is 8.58. The Hall–Kier alpha value is -2.32. The van der Waals surface area contributed by atoms with Crippen LogP contribution < -0.4 is 5.73 Å². The Kier molecular flexibility index (Phi) is 6.18. The number of primary amides is 1.